The third-order valence-electron chi connectivity index (χ3n) is 3.38. The molecule has 0 saturated carbocycles. The van der Waals surface area contributed by atoms with E-state index in [9.17, 15) is 8.78 Å². The van der Waals surface area contributed by atoms with Gasteiger partial charge >= 0.3 is 0 Å². The van der Waals surface area contributed by atoms with Crippen LogP contribution in [0.15, 0.2) is 30.3 Å². The van der Waals surface area contributed by atoms with Gasteiger partial charge in [0.25, 0.3) is 0 Å². The lowest BCUT2D eigenvalue weighted by Crippen LogP contribution is -2.11. The highest BCUT2D eigenvalue weighted by Gasteiger charge is 2.12. The minimum Gasteiger partial charge on any atom is -0.313 e. The molecule has 0 unspecified atom stereocenters. The number of hydrogen-bond acceptors (Lipinski definition) is 1. The minimum atomic E-state index is -0.284. The summed E-state index contributed by atoms with van der Waals surface area (Å²) >= 11 is 0. The molecule has 0 fully saturated rings. The van der Waals surface area contributed by atoms with Crippen molar-refractivity contribution in [3.63, 3.8) is 0 Å². The molecule has 0 spiro atoms. The first-order valence-corrected chi connectivity index (χ1v) is 6.79. The van der Waals surface area contributed by atoms with Crippen LogP contribution in [0.25, 0.3) is 11.1 Å². The molecule has 2 aromatic rings. The first kappa shape index (κ1) is 14.7. The monoisotopic (exact) mass is 275 g/mol. The summed E-state index contributed by atoms with van der Waals surface area (Å²) in [6.07, 6.45) is 0. The van der Waals surface area contributed by atoms with Crippen LogP contribution in [-0.2, 0) is 6.54 Å². The summed E-state index contributed by atoms with van der Waals surface area (Å²) < 4.78 is 27.6. The van der Waals surface area contributed by atoms with Crippen LogP contribution < -0.4 is 5.32 Å². The van der Waals surface area contributed by atoms with Gasteiger partial charge < -0.3 is 5.32 Å². The Morgan fingerprint density at radius 2 is 1.65 bits per heavy atom. The van der Waals surface area contributed by atoms with Crippen molar-refractivity contribution in [1.29, 1.82) is 0 Å². The van der Waals surface area contributed by atoms with Gasteiger partial charge in [-0.1, -0.05) is 19.1 Å². The second-order valence-corrected chi connectivity index (χ2v) is 5.01. The molecule has 0 radical (unpaired) electrons. The fourth-order valence-corrected chi connectivity index (χ4v) is 2.48. The van der Waals surface area contributed by atoms with Crippen molar-refractivity contribution in [1.82, 2.24) is 5.32 Å². The van der Waals surface area contributed by atoms with E-state index < -0.39 is 0 Å². The molecule has 106 valence electrons. The Balaban J connectivity index is 2.44. The zero-order valence-corrected chi connectivity index (χ0v) is 12.1. The third kappa shape index (κ3) is 3.05. The molecule has 0 aromatic heterocycles. The summed E-state index contributed by atoms with van der Waals surface area (Å²) in [5.41, 5.74) is 3.71. The Kier molecular flexibility index (Phi) is 4.50. The van der Waals surface area contributed by atoms with Gasteiger partial charge in [0.05, 0.1) is 0 Å². The second-order valence-electron chi connectivity index (χ2n) is 5.01. The number of benzene rings is 2. The topological polar surface area (TPSA) is 12.0 Å². The van der Waals surface area contributed by atoms with E-state index in [0.717, 1.165) is 28.8 Å². The van der Waals surface area contributed by atoms with E-state index in [1.54, 1.807) is 26.0 Å². The molecule has 3 heteroatoms. The molecule has 0 saturated heterocycles. The summed E-state index contributed by atoms with van der Waals surface area (Å²) in [6.45, 7) is 7.11. The number of hydrogen-bond donors (Lipinski definition) is 1. The fraction of sp³-hybridized carbons (Fsp3) is 0.294. The van der Waals surface area contributed by atoms with E-state index in [-0.39, 0.29) is 11.6 Å². The predicted octanol–water partition coefficient (Wildman–Crippen LogP) is 4.36. The summed E-state index contributed by atoms with van der Waals surface area (Å²) in [6, 6.07) is 8.10. The predicted molar refractivity (Wildman–Crippen MR) is 78.6 cm³/mol. The molecule has 1 nitrogen and oxygen atoms in total. The van der Waals surface area contributed by atoms with Gasteiger partial charge in [0.1, 0.15) is 11.6 Å². The third-order valence-corrected chi connectivity index (χ3v) is 3.38. The highest BCUT2D eigenvalue weighted by Crippen LogP contribution is 2.30. The van der Waals surface area contributed by atoms with Crippen molar-refractivity contribution >= 4 is 0 Å². The van der Waals surface area contributed by atoms with Crippen molar-refractivity contribution in [3.8, 4) is 11.1 Å². The fourth-order valence-electron chi connectivity index (χ4n) is 2.48. The van der Waals surface area contributed by atoms with Gasteiger partial charge in [-0.2, -0.15) is 0 Å². The lowest BCUT2D eigenvalue weighted by molar-refractivity contribution is 0.621. The van der Waals surface area contributed by atoms with E-state index in [0.29, 0.717) is 12.1 Å². The number of aryl methyl sites for hydroxylation is 2. The zero-order valence-electron chi connectivity index (χ0n) is 12.1. The first-order chi connectivity index (χ1) is 9.52. The number of nitrogens with one attached hydrogen (secondary N) is 1. The maximum atomic E-state index is 14.3. The number of rotatable bonds is 4. The van der Waals surface area contributed by atoms with Gasteiger partial charge in [-0.15, -0.1) is 0 Å². The Morgan fingerprint density at radius 1 is 1.00 bits per heavy atom. The van der Waals surface area contributed by atoms with Gasteiger partial charge in [-0.3, -0.25) is 0 Å². The van der Waals surface area contributed by atoms with Crippen molar-refractivity contribution < 1.29 is 8.78 Å². The van der Waals surface area contributed by atoms with Gasteiger partial charge in [-0.05, 0) is 60.8 Å². The molecule has 0 aliphatic heterocycles. The Hall–Kier alpha value is -1.74. The molecule has 2 rings (SSSR count). The van der Waals surface area contributed by atoms with E-state index in [1.807, 2.05) is 13.0 Å². The first-order valence-electron chi connectivity index (χ1n) is 6.79. The normalized spacial score (nSPS) is 10.8. The SMILES string of the molecule is CCNCc1ccc(-c2c(C)cc(F)cc2C)c(F)c1. The van der Waals surface area contributed by atoms with Gasteiger partial charge in [0.2, 0.25) is 0 Å². The standard InChI is InChI=1S/C17H19F2N/c1-4-20-10-13-5-6-15(16(19)9-13)17-11(2)7-14(18)8-12(17)3/h5-9,20H,4,10H2,1-3H3. The Labute approximate surface area is 118 Å². The lowest BCUT2D eigenvalue weighted by Gasteiger charge is -2.12. The molecular weight excluding hydrogens is 256 g/mol. The molecule has 0 atom stereocenters. The molecule has 20 heavy (non-hydrogen) atoms. The van der Waals surface area contributed by atoms with Crippen LogP contribution in [0.1, 0.15) is 23.6 Å². The molecule has 0 aliphatic rings. The van der Waals surface area contributed by atoms with Gasteiger partial charge in [-0.25, -0.2) is 8.78 Å². The highest BCUT2D eigenvalue weighted by molar-refractivity contribution is 5.71. The minimum absolute atomic E-state index is 0.266. The van der Waals surface area contributed by atoms with Crippen molar-refractivity contribution in [2.75, 3.05) is 6.54 Å². The van der Waals surface area contributed by atoms with Crippen molar-refractivity contribution in [2.45, 2.75) is 27.3 Å². The zero-order chi connectivity index (χ0) is 14.7. The van der Waals surface area contributed by atoms with Crippen molar-refractivity contribution in [3.05, 3.63) is 58.7 Å². The summed E-state index contributed by atoms with van der Waals surface area (Å²) in [5.74, 6) is -0.550. The second kappa shape index (κ2) is 6.14. The Morgan fingerprint density at radius 3 is 2.20 bits per heavy atom. The Bertz CT molecular complexity index is 597. The number of halogens is 2. The summed E-state index contributed by atoms with van der Waals surface area (Å²) in [4.78, 5) is 0. The van der Waals surface area contributed by atoms with E-state index in [2.05, 4.69) is 5.32 Å². The quantitative estimate of drug-likeness (QED) is 0.874. The van der Waals surface area contributed by atoms with Crippen LogP contribution in [0.5, 0.6) is 0 Å². The van der Waals surface area contributed by atoms with Gasteiger partial charge in [0, 0.05) is 12.1 Å². The van der Waals surface area contributed by atoms with Crippen LogP contribution >= 0.6 is 0 Å². The average Bonchev–Trinajstić information content (AvgIpc) is 2.37. The molecule has 0 heterocycles. The summed E-state index contributed by atoms with van der Waals surface area (Å²) in [7, 11) is 0. The average molecular weight is 275 g/mol. The van der Waals surface area contributed by atoms with Crippen LogP contribution in [0.4, 0.5) is 8.78 Å². The molecule has 0 amide bonds. The van der Waals surface area contributed by atoms with E-state index in [1.165, 1.54) is 12.1 Å². The van der Waals surface area contributed by atoms with Crippen molar-refractivity contribution in [2.24, 2.45) is 0 Å². The molecular formula is C17H19F2N. The highest BCUT2D eigenvalue weighted by atomic mass is 19.1. The van der Waals surface area contributed by atoms with E-state index in [4.69, 9.17) is 0 Å². The largest absolute Gasteiger partial charge is 0.313 e. The van der Waals surface area contributed by atoms with Crippen LogP contribution in [-0.4, -0.2) is 6.54 Å². The van der Waals surface area contributed by atoms with Crippen LogP contribution in [0, 0.1) is 25.5 Å². The molecule has 0 bridgehead atoms. The van der Waals surface area contributed by atoms with E-state index >= 15 is 0 Å². The smallest absolute Gasteiger partial charge is 0.131 e. The maximum Gasteiger partial charge on any atom is 0.131 e. The molecule has 1 N–H and O–H groups in total. The molecule has 2 aromatic carbocycles. The van der Waals surface area contributed by atoms with Crippen LogP contribution in [0.3, 0.4) is 0 Å². The summed E-state index contributed by atoms with van der Waals surface area (Å²) in [5, 5.41) is 3.16. The maximum absolute atomic E-state index is 14.3. The lowest BCUT2D eigenvalue weighted by atomic mass is 9.94. The van der Waals surface area contributed by atoms with Crippen LogP contribution in [0.2, 0.25) is 0 Å². The molecule has 0 aliphatic carbocycles. The van der Waals surface area contributed by atoms with Gasteiger partial charge in [0.15, 0.2) is 0 Å².